The molecule has 72 valence electrons. The SMILES string of the molecule is CCSC1=CC(Br)=CCC=C1OC. The van der Waals surface area contributed by atoms with Gasteiger partial charge < -0.3 is 4.74 Å². The number of methoxy groups -OCH3 is 1. The molecule has 0 aromatic heterocycles. The molecule has 1 aliphatic rings. The van der Waals surface area contributed by atoms with Crippen molar-refractivity contribution in [3.05, 3.63) is 33.4 Å². The standard InChI is InChI=1S/C10H13BrOS/c1-3-13-10-7-8(11)5-4-6-9(10)12-2/h5-7H,3-4H2,1-2H3. The molecule has 0 fully saturated rings. The fraction of sp³-hybridized carbons (Fsp3) is 0.400. The van der Waals surface area contributed by atoms with Crippen molar-refractivity contribution in [1.29, 1.82) is 0 Å². The Bertz CT molecular complexity index is 266. The number of allylic oxidation sites excluding steroid dienone is 4. The number of hydrogen-bond acceptors (Lipinski definition) is 2. The van der Waals surface area contributed by atoms with Crippen LogP contribution in [-0.2, 0) is 4.74 Å². The molecule has 3 heteroatoms. The summed E-state index contributed by atoms with van der Waals surface area (Å²) >= 11 is 5.29. The van der Waals surface area contributed by atoms with Crippen molar-refractivity contribution >= 4 is 27.7 Å². The zero-order valence-corrected chi connectivity index (χ0v) is 10.2. The molecule has 0 N–H and O–H groups in total. The zero-order valence-electron chi connectivity index (χ0n) is 7.84. The molecule has 0 aromatic carbocycles. The van der Waals surface area contributed by atoms with Gasteiger partial charge >= 0.3 is 0 Å². The van der Waals surface area contributed by atoms with Crippen LogP contribution < -0.4 is 0 Å². The third kappa shape index (κ3) is 3.24. The van der Waals surface area contributed by atoms with Crippen molar-refractivity contribution in [2.45, 2.75) is 13.3 Å². The maximum Gasteiger partial charge on any atom is 0.128 e. The third-order valence-electron chi connectivity index (χ3n) is 1.65. The first-order valence-electron chi connectivity index (χ1n) is 4.22. The number of halogens is 1. The molecule has 13 heavy (non-hydrogen) atoms. The van der Waals surface area contributed by atoms with E-state index in [1.165, 1.54) is 4.91 Å². The van der Waals surface area contributed by atoms with Gasteiger partial charge in [-0.15, -0.1) is 11.8 Å². The quantitative estimate of drug-likeness (QED) is 0.763. The van der Waals surface area contributed by atoms with E-state index in [4.69, 9.17) is 4.74 Å². The van der Waals surface area contributed by atoms with Gasteiger partial charge in [0.15, 0.2) is 0 Å². The van der Waals surface area contributed by atoms with Gasteiger partial charge in [0.2, 0.25) is 0 Å². The minimum absolute atomic E-state index is 0.925. The summed E-state index contributed by atoms with van der Waals surface area (Å²) in [6.45, 7) is 2.14. The molecule has 0 unspecified atom stereocenters. The molecular formula is C10H13BrOS. The summed E-state index contributed by atoms with van der Waals surface area (Å²) in [5.41, 5.74) is 0. The summed E-state index contributed by atoms with van der Waals surface area (Å²) in [6, 6.07) is 0. The second-order valence-corrected chi connectivity index (χ2v) is 4.76. The smallest absolute Gasteiger partial charge is 0.128 e. The van der Waals surface area contributed by atoms with E-state index >= 15 is 0 Å². The minimum Gasteiger partial charge on any atom is -0.496 e. The lowest BCUT2D eigenvalue weighted by Crippen LogP contribution is -1.89. The zero-order chi connectivity index (χ0) is 9.68. The number of thioether (sulfide) groups is 1. The Hall–Kier alpha value is -0.150. The Labute approximate surface area is 92.1 Å². The second-order valence-electron chi connectivity index (χ2n) is 2.54. The number of ether oxygens (including phenoxy) is 1. The monoisotopic (exact) mass is 260 g/mol. The van der Waals surface area contributed by atoms with Crippen LogP contribution in [0.15, 0.2) is 33.4 Å². The predicted octanol–water partition coefficient (Wildman–Crippen LogP) is 3.84. The molecule has 0 heterocycles. The Morgan fingerprint density at radius 1 is 1.54 bits per heavy atom. The molecule has 0 radical (unpaired) electrons. The van der Waals surface area contributed by atoms with Crippen molar-refractivity contribution in [2.24, 2.45) is 0 Å². The van der Waals surface area contributed by atoms with Crippen LogP contribution in [0.25, 0.3) is 0 Å². The lowest BCUT2D eigenvalue weighted by molar-refractivity contribution is 0.304. The molecule has 1 rings (SSSR count). The summed E-state index contributed by atoms with van der Waals surface area (Å²) in [7, 11) is 1.72. The molecule has 0 saturated heterocycles. The van der Waals surface area contributed by atoms with E-state index in [0.29, 0.717) is 0 Å². The van der Waals surface area contributed by atoms with Crippen LogP contribution >= 0.6 is 27.7 Å². The Balaban J connectivity index is 2.86. The molecule has 1 aliphatic carbocycles. The van der Waals surface area contributed by atoms with Gasteiger partial charge in [-0.2, -0.15) is 0 Å². The maximum atomic E-state index is 5.30. The predicted molar refractivity (Wildman–Crippen MR) is 62.9 cm³/mol. The first-order chi connectivity index (χ1) is 6.27. The molecule has 1 nitrogen and oxygen atoms in total. The van der Waals surface area contributed by atoms with Crippen LogP contribution in [0.2, 0.25) is 0 Å². The fourth-order valence-corrected chi connectivity index (χ4v) is 2.48. The van der Waals surface area contributed by atoms with E-state index in [-0.39, 0.29) is 0 Å². The highest BCUT2D eigenvalue weighted by Crippen LogP contribution is 2.30. The number of hydrogen-bond donors (Lipinski definition) is 0. The van der Waals surface area contributed by atoms with E-state index in [0.717, 1.165) is 22.4 Å². The number of rotatable bonds is 3. The van der Waals surface area contributed by atoms with Crippen molar-refractivity contribution in [2.75, 3.05) is 12.9 Å². The molecule has 0 aliphatic heterocycles. The highest BCUT2D eigenvalue weighted by Gasteiger charge is 2.07. The average Bonchev–Trinajstić information content (AvgIpc) is 2.28. The molecule has 0 saturated carbocycles. The molecule has 0 spiro atoms. The third-order valence-corrected chi connectivity index (χ3v) is 3.12. The molecule has 0 bridgehead atoms. The molecule has 0 amide bonds. The second kappa shape index (κ2) is 5.55. The van der Waals surface area contributed by atoms with Crippen LogP contribution in [0, 0.1) is 0 Å². The van der Waals surface area contributed by atoms with Gasteiger partial charge in [0.25, 0.3) is 0 Å². The largest absolute Gasteiger partial charge is 0.496 e. The van der Waals surface area contributed by atoms with E-state index in [1.54, 1.807) is 18.9 Å². The van der Waals surface area contributed by atoms with E-state index in [2.05, 4.69) is 41.1 Å². The lowest BCUT2D eigenvalue weighted by atomic mass is 10.3. The van der Waals surface area contributed by atoms with Crippen molar-refractivity contribution in [3.63, 3.8) is 0 Å². The van der Waals surface area contributed by atoms with Crippen LogP contribution in [0.1, 0.15) is 13.3 Å². The average molecular weight is 261 g/mol. The van der Waals surface area contributed by atoms with Crippen molar-refractivity contribution in [1.82, 2.24) is 0 Å². The van der Waals surface area contributed by atoms with Crippen LogP contribution in [-0.4, -0.2) is 12.9 Å². The lowest BCUT2D eigenvalue weighted by Gasteiger charge is -2.07. The first kappa shape index (κ1) is 10.9. The summed E-state index contributed by atoms with van der Waals surface area (Å²) in [5, 5.41) is 0. The highest BCUT2D eigenvalue weighted by molar-refractivity contribution is 9.11. The summed E-state index contributed by atoms with van der Waals surface area (Å²) in [6.07, 6.45) is 7.26. The first-order valence-corrected chi connectivity index (χ1v) is 6.00. The van der Waals surface area contributed by atoms with Gasteiger partial charge in [0, 0.05) is 4.48 Å². The fourth-order valence-electron chi connectivity index (χ4n) is 1.09. The van der Waals surface area contributed by atoms with Crippen LogP contribution in [0.4, 0.5) is 0 Å². The molecule has 0 aromatic rings. The van der Waals surface area contributed by atoms with Gasteiger partial charge in [-0.3, -0.25) is 0 Å². The molecular weight excluding hydrogens is 248 g/mol. The van der Waals surface area contributed by atoms with E-state index in [1.807, 2.05) is 0 Å². The van der Waals surface area contributed by atoms with Gasteiger partial charge in [-0.05, 0) is 24.3 Å². The topological polar surface area (TPSA) is 9.23 Å². The highest BCUT2D eigenvalue weighted by atomic mass is 79.9. The van der Waals surface area contributed by atoms with Crippen molar-refractivity contribution in [3.8, 4) is 0 Å². The minimum atomic E-state index is 0.925. The van der Waals surface area contributed by atoms with Gasteiger partial charge in [0.05, 0.1) is 12.0 Å². The van der Waals surface area contributed by atoms with Gasteiger partial charge in [-0.25, -0.2) is 0 Å². The van der Waals surface area contributed by atoms with Crippen molar-refractivity contribution < 1.29 is 4.74 Å². The maximum absolute atomic E-state index is 5.30. The summed E-state index contributed by atoms with van der Waals surface area (Å²) in [5.74, 6) is 2.05. The Morgan fingerprint density at radius 3 is 2.92 bits per heavy atom. The van der Waals surface area contributed by atoms with Gasteiger partial charge in [-0.1, -0.05) is 28.9 Å². The van der Waals surface area contributed by atoms with Crippen LogP contribution in [0.5, 0.6) is 0 Å². The van der Waals surface area contributed by atoms with E-state index < -0.39 is 0 Å². The summed E-state index contributed by atoms with van der Waals surface area (Å²) in [4.78, 5) is 1.20. The Morgan fingerprint density at radius 2 is 2.31 bits per heavy atom. The normalized spacial score (nSPS) is 17.0. The summed E-state index contributed by atoms with van der Waals surface area (Å²) < 4.78 is 6.43. The van der Waals surface area contributed by atoms with E-state index in [9.17, 15) is 0 Å². The molecule has 0 atom stereocenters. The van der Waals surface area contributed by atoms with Gasteiger partial charge in [0.1, 0.15) is 5.76 Å². The Kier molecular flexibility index (Phi) is 4.67. The van der Waals surface area contributed by atoms with Crippen LogP contribution in [0.3, 0.4) is 0 Å².